The highest BCUT2D eigenvalue weighted by atomic mass is 28.3. The van der Waals surface area contributed by atoms with Gasteiger partial charge in [-0.1, -0.05) is 49.1 Å². The van der Waals surface area contributed by atoms with Crippen molar-refractivity contribution < 1.29 is 13.9 Å². The van der Waals surface area contributed by atoms with Gasteiger partial charge in [-0.25, -0.2) is 8.78 Å². The lowest BCUT2D eigenvalue weighted by atomic mass is 10.2. The molecule has 102 valence electrons. The molecular formula is C13H21F2NOSi. The lowest BCUT2D eigenvalue weighted by Gasteiger charge is -2.17. The van der Waals surface area contributed by atoms with Crippen LogP contribution < -0.4 is 10.5 Å². The zero-order valence-corrected chi connectivity index (χ0v) is 12.1. The van der Waals surface area contributed by atoms with E-state index < -0.39 is 27.1 Å². The molecule has 0 aromatic heterocycles. The molecule has 0 aliphatic rings. The number of benzene rings is 1. The van der Waals surface area contributed by atoms with E-state index in [9.17, 15) is 8.78 Å². The molecule has 0 aliphatic heterocycles. The first-order valence-electron chi connectivity index (χ1n) is 6.03. The summed E-state index contributed by atoms with van der Waals surface area (Å²) in [5, 5.41) is 12.4. The van der Waals surface area contributed by atoms with E-state index in [2.05, 4.69) is 37.1 Å². The number of aliphatic hydroxyl groups is 1. The molecule has 2 nitrogen and oxygen atoms in total. The quantitative estimate of drug-likeness (QED) is 0.777. The summed E-state index contributed by atoms with van der Waals surface area (Å²) >= 11 is 0. The van der Waals surface area contributed by atoms with E-state index >= 15 is 0 Å². The Morgan fingerprint density at radius 3 is 2.17 bits per heavy atom. The van der Waals surface area contributed by atoms with Crippen molar-refractivity contribution in [3.63, 3.8) is 0 Å². The fourth-order valence-corrected chi connectivity index (χ4v) is 2.73. The van der Waals surface area contributed by atoms with Gasteiger partial charge in [0.2, 0.25) is 0 Å². The van der Waals surface area contributed by atoms with Crippen LogP contribution in [-0.2, 0) is 6.54 Å². The van der Waals surface area contributed by atoms with E-state index in [1.165, 1.54) is 5.19 Å². The average molecular weight is 273 g/mol. The molecule has 0 saturated carbocycles. The molecule has 0 saturated heterocycles. The maximum absolute atomic E-state index is 12.8. The Bertz CT molecular complexity index is 374. The first-order valence-corrected chi connectivity index (χ1v) is 9.53. The monoisotopic (exact) mass is 273 g/mol. The van der Waals surface area contributed by atoms with Crippen molar-refractivity contribution >= 4 is 13.3 Å². The topological polar surface area (TPSA) is 32.3 Å². The Labute approximate surface area is 108 Å². The standard InChI is InChI=1S/C13H21F2NOSi/c1-18(2,3)12-6-4-11(5-7-12)8-16-9-13(14,15)10-17/h4-7,16-17H,8-10H2,1-3H3. The van der Waals surface area contributed by atoms with E-state index in [-0.39, 0.29) is 0 Å². The van der Waals surface area contributed by atoms with Gasteiger partial charge in [-0.3, -0.25) is 0 Å². The van der Waals surface area contributed by atoms with Gasteiger partial charge in [0.15, 0.2) is 0 Å². The van der Waals surface area contributed by atoms with E-state index in [1.807, 2.05) is 12.1 Å². The Morgan fingerprint density at radius 1 is 1.17 bits per heavy atom. The minimum Gasteiger partial charge on any atom is -0.390 e. The first-order chi connectivity index (χ1) is 8.24. The molecule has 2 N–H and O–H groups in total. The summed E-state index contributed by atoms with van der Waals surface area (Å²) in [5.74, 6) is -3.04. The van der Waals surface area contributed by atoms with Crippen molar-refractivity contribution in [2.75, 3.05) is 13.2 Å². The third-order valence-electron chi connectivity index (χ3n) is 2.76. The van der Waals surface area contributed by atoms with Crippen molar-refractivity contribution in [1.29, 1.82) is 0 Å². The number of hydrogen-bond acceptors (Lipinski definition) is 2. The minimum atomic E-state index is -3.04. The molecule has 0 fully saturated rings. The van der Waals surface area contributed by atoms with Gasteiger partial charge in [0.25, 0.3) is 5.92 Å². The van der Waals surface area contributed by atoms with Crippen LogP contribution in [0.25, 0.3) is 0 Å². The summed E-state index contributed by atoms with van der Waals surface area (Å²) in [6.45, 7) is 5.57. The van der Waals surface area contributed by atoms with Gasteiger partial charge >= 0.3 is 0 Å². The molecule has 0 heterocycles. The number of nitrogens with one attached hydrogen (secondary N) is 1. The van der Waals surface area contributed by atoms with Crippen LogP contribution in [0.2, 0.25) is 19.6 Å². The molecule has 0 bridgehead atoms. The second-order valence-corrected chi connectivity index (χ2v) is 10.6. The van der Waals surface area contributed by atoms with Gasteiger partial charge in [0.05, 0.1) is 14.6 Å². The predicted molar refractivity (Wildman–Crippen MR) is 73.2 cm³/mol. The van der Waals surface area contributed by atoms with Crippen LogP contribution in [0.1, 0.15) is 5.56 Å². The molecule has 0 atom stereocenters. The average Bonchev–Trinajstić information content (AvgIpc) is 2.28. The van der Waals surface area contributed by atoms with Gasteiger partial charge in [-0.05, 0) is 5.56 Å². The van der Waals surface area contributed by atoms with Gasteiger partial charge in [0.1, 0.15) is 6.61 Å². The fraction of sp³-hybridized carbons (Fsp3) is 0.538. The number of rotatable bonds is 6. The lowest BCUT2D eigenvalue weighted by Crippen LogP contribution is -2.37. The van der Waals surface area contributed by atoms with E-state index in [0.717, 1.165) is 5.56 Å². The van der Waals surface area contributed by atoms with Crippen LogP contribution in [-0.4, -0.2) is 32.3 Å². The smallest absolute Gasteiger partial charge is 0.282 e. The highest BCUT2D eigenvalue weighted by Crippen LogP contribution is 2.10. The summed E-state index contributed by atoms with van der Waals surface area (Å²) in [5.41, 5.74) is 0.978. The van der Waals surface area contributed by atoms with E-state index in [0.29, 0.717) is 6.54 Å². The van der Waals surface area contributed by atoms with Crippen LogP contribution >= 0.6 is 0 Å². The molecule has 0 amide bonds. The van der Waals surface area contributed by atoms with Crippen molar-refractivity contribution in [1.82, 2.24) is 5.32 Å². The molecule has 0 aliphatic carbocycles. The highest BCUT2D eigenvalue weighted by Gasteiger charge is 2.26. The van der Waals surface area contributed by atoms with Crippen molar-refractivity contribution in [2.45, 2.75) is 32.1 Å². The third kappa shape index (κ3) is 4.84. The van der Waals surface area contributed by atoms with Crippen molar-refractivity contribution in [3.05, 3.63) is 29.8 Å². The SMILES string of the molecule is C[Si](C)(C)c1ccc(CNCC(F)(F)CO)cc1. The fourth-order valence-electron chi connectivity index (χ4n) is 1.57. The van der Waals surface area contributed by atoms with Gasteiger partial charge < -0.3 is 10.4 Å². The van der Waals surface area contributed by atoms with Gasteiger partial charge in [-0.15, -0.1) is 0 Å². The van der Waals surface area contributed by atoms with Crippen LogP contribution in [0.3, 0.4) is 0 Å². The zero-order valence-electron chi connectivity index (χ0n) is 11.1. The maximum Gasteiger partial charge on any atom is 0.282 e. The molecular weight excluding hydrogens is 252 g/mol. The molecule has 0 radical (unpaired) electrons. The summed E-state index contributed by atoms with van der Waals surface area (Å²) < 4.78 is 25.5. The number of alkyl halides is 2. The third-order valence-corrected chi connectivity index (χ3v) is 4.83. The van der Waals surface area contributed by atoms with Crippen molar-refractivity contribution in [2.24, 2.45) is 0 Å². The molecule has 1 aromatic carbocycles. The normalized spacial score (nSPS) is 12.8. The van der Waals surface area contributed by atoms with Gasteiger partial charge in [0, 0.05) is 6.54 Å². The van der Waals surface area contributed by atoms with Gasteiger partial charge in [-0.2, -0.15) is 0 Å². The van der Waals surface area contributed by atoms with Crippen molar-refractivity contribution in [3.8, 4) is 0 Å². The molecule has 0 spiro atoms. The Balaban J connectivity index is 2.50. The summed E-state index contributed by atoms with van der Waals surface area (Å²) in [7, 11) is -1.30. The van der Waals surface area contributed by atoms with E-state index in [4.69, 9.17) is 5.11 Å². The zero-order chi connectivity index (χ0) is 13.8. The number of hydrogen-bond donors (Lipinski definition) is 2. The van der Waals surface area contributed by atoms with Crippen LogP contribution in [0.5, 0.6) is 0 Å². The van der Waals surface area contributed by atoms with E-state index in [1.54, 1.807) is 0 Å². The molecule has 1 aromatic rings. The molecule has 0 unspecified atom stereocenters. The van der Waals surface area contributed by atoms with Crippen LogP contribution in [0, 0.1) is 0 Å². The molecule has 1 rings (SSSR count). The minimum absolute atomic E-state index is 0.390. The Hall–Kier alpha value is -0.783. The summed E-state index contributed by atoms with van der Waals surface area (Å²) in [6.07, 6.45) is 0. The Kier molecular flexibility index (Phi) is 5.01. The molecule has 5 heteroatoms. The number of aliphatic hydroxyl groups excluding tert-OH is 1. The predicted octanol–water partition coefficient (Wildman–Crippen LogP) is 1.95. The summed E-state index contributed by atoms with van der Waals surface area (Å²) in [6, 6.07) is 8.09. The van der Waals surface area contributed by atoms with Crippen LogP contribution in [0.15, 0.2) is 24.3 Å². The first kappa shape index (κ1) is 15.3. The largest absolute Gasteiger partial charge is 0.390 e. The Morgan fingerprint density at radius 2 is 1.72 bits per heavy atom. The summed E-state index contributed by atoms with van der Waals surface area (Å²) in [4.78, 5) is 0. The lowest BCUT2D eigenvalue weighted by molar-refractivity contribution is -0.0477. The van der Waals surface area contributed by atoms with Crippen LogP contribution in [0.4, 0.5) is 8.78 Å². The second kappa shape index (κ2) is 5.91. The second-order valence-electron chi connectivity index (χ2n) is 5.56. The number of halogens is 2. The maximum atomic E-state index is 12.8. The highest BCUT2D eigenvalue weighted by molar-refractivity contribution is 6.88. The molecule has 18 heavy (non-hydrogen) atoms.